The Hall–Kier alpha value is -3.67. The SMILES string of the molecule is CN=C1CC2(CCC(C)N3CC2n2cc(C(=O)NCc4c(F)cc(F)cc4F)c(=O)cc2C3=O)ON1. The van der Waals surface area contributed by atoms with Gasteiger partial charge in [0, 0.05) is 62.6 Å². The number of benzene rings is 1. The van der Waals surface area contributed by atoms with E-state index in [9.17, 15) is 27.6 Å². The molecule has 12 heteroatoms. The third-order valence-corrected chi connectivity index (χ3v) is 7.27. The number of nitrogens with zero attached hydrogens (tertiary/aromatic N) is 3. The molecule has 0 radical (unpaired) electrons. The van der Waals surface area contributed by atoms with Crippen LogP contribution in [0.1, 0.15) is 58.6 Å². The minimum absolute atomic E-state index is 0.0853. The summed E-state index contributed by atoms with van der Waals surface area (Å²) in [5.74, 6) is -3.96. The molecule has 2 N–H and O–H groups in total. The van der Waals surface area contributed by atoms with Crippen LogP contribution in [0.15, 0.2) is 34.2 Å². The van der Waals surface area contributed by atoms with Gasteiger partial charge in [0.1, 0.15) is 40.1 Å². The van der Waals surface area contributed by atoms with Gasteiger partial charge < -0.3 is 14.8 Å². The van der Waals surface area contributed by atoms with Crippen molar-refractivity contribution in [3.05, 3.63) is 68.9 Å². The molecule has 3 atom stereocenters. The van der Waals surface area contributed by atoms with E-state index in [1.165, 1.54) is 6.20 Å². The molecule has 1 aromatic carbocycles. The maximum absolute atomic E-state index is 14.0. The molecular formula is C24H24F3N5O4. The van der Waals surface area contributed by atoms with Gasteiger partial charge in [-0.3, -0.25) is 29.7 Å². The van der Waals surface area contributed by atoms with E-state index >= 15 is 0 Å². The van der Waals surface area contributed by atoms with Gasteiger partial charge in [-0.1, -0.05) is 0 Å². The third-order valence-electron chi connectivity index (χ3n) is 7.27. The Morgan fingerprint density at radius 2 is 1.97 bits per heavy atom. The zero-order valence-electron chi connectivity index (χ0n) is 19.6. The van der Waals surface area contributed by atoms with Crippen LogP contribution < -0.4 is 16.2 Å². The number of fused-ring (bicyclic) bond motifs is 5. The first-order valence-electron chi connectivity index (χ1n) is 11.5. The van der Waals surface area contributed by atoms with Gasteiger partial charge in [0.05, 0.1) is 6.04 Å². The minimum atomic E-state index is -1.16. The van der Waals surface area contributed by atoms with Crippen molar-refractivity contribution in [1.29, 1.82) is 0 Å². The molecule has 1 spiro atoms. The lowest BCUT2D eigenvalue weighted by Gasteiger charge is -2.41. The monoisotopic (exact) mass is 503 g/mol. The molecule has 5 rings (SSSR count). The van der Waals surface area contributed by atoms with Crippen LogP contribution >= 0.6 is 0 Å². The van der Waals surface area contributed by atoms with Crippen LogP contribution in [-0.2, 0) is 11.4 Å². The number of carbonyl (C=O) groups is 2. The topological polar surface area (TPSA) is 105 Å². The number of aliphatic imine (C=N–C) groups is 1. The van der Waals surface area contributed by atoms with Crippen molar-refractivity contribution in [1.82, 2.24) is 20.3 Å². The highest BCUT2D eigenvalue weighted by Crippen LogP contribution is 2.44. The van der Waals surface area contributed by atoms with E-state index in [4.69, 9.17) is 4.84 Å². The van der Waals surface area contributed by atoms with Crippen molar-refractivity contribution in [2.24, 2.45) is 4.99 Å². The molecule has 2 amide bonds. The van der Waals surface area contributed by atoms with Crippen LogP contribution in [0.4, 0.5) is 13.2 Å². The quantitative estimate of drug-likeness (QED) is 0.668. The van der Waals surface area contributed by atoms with Crippen LogP contribution in [0, 0.1) is 17.5 Å². The first-order chi connectivity index (χ1) is 17.1. The summed E-state index contributed by atoms with van der Waals surface area (Å²) in [6, 6.07) is 1.61. The molecule has 0 aliphatic carbocycles. The number of nitrogens with one attached hydrogen (secondary N) is 2. The fourth-order valence-corrected chi connectivity index (χ4v) is 5.20. The maximum atomic E-state index is 14.0. The number of rotatable bonds is 3. The predicted molar refractivity (Wildman–Crippen MR) is 122 cm³/mol. The molecule has 190 valence electrons. The molecule has 3 unspecified atom stereocenters. The summed E-state index contributed by atoms with van der Waals surface area (Å²) in [7, 11) is 1.64. The standard InChI is InChI=1S/C24H24F3N5O4/c1-12-3-4-24(8-21(28-2)30-36-24)20-11-31(12)23(35)18-7-19(33)15(10-32(18)20)22(34)29-9-14-16(26)5-13(25)6-17(14)27/h5-7,10,12,20H,3-4,8-9,11H2,1-2H3,(H,28,30)(H,29,34). The summed E-state index contributed by atoms with van der Waals surface area (Å²) in [4.78, 5) is 50.9. The first-order valence-corrected chi connectivity index (χ1v) is 11.5. The molecule has 1 aromatic heterocycles. The zero-order chi connectivity index (χ0) is 25.8. The van der Waals surface area contributed by atoms with Crippen LogP contribution in [0.3, 0.4) is 0 Å². The molecule has 0 saturated carbocycles. The van der Waals surface area contributed by atoms with Crippen LogP contribution in [0.25, 0.3) is 0 Å². The largest absolute Gasteiger partial charge is 0.348 e. The van der Waals surface area contributed by atoms with E-state index in [0.29, 0.717) is 43.8 Å². The lowest BCUT2D eigenvalue weighted by Crippen LogP contribution is -2.52. The van der Waals surface area contributed by atoms with Gasteiger partial charge in [-0.15, -0.1) is 0 Å². The average Bonchev–Trinajstić information content (AvgIpc) is 3.21. The maximum Gasteiger partial charge on any atom is 0.270 e. The highest BCUT2D eigenvalue weighted by molar-refractivity contribution is 5.97. The van der Waals surface area contributed by atoms with Crippen molar-refractivity contribution in [2.45, 2.75) is 50.4 Å². The molecule has 2 bridgehead atoms. The molecule has 2 saturated heterocycles. The number of hydroxylamine groups is 1. The Morgan fingerprint density at radius 1 is 1.25 bits per heavy atom. The second-order valence-electron chi connectivity index (χ2n) is 9.35. The van der Waals surface area contributed by atoms with Gasteiger partial charge >= 0.3 is 0 Å². The van der Waals surface area contributed by atoms with Crippen molar-refractivity contribution in [3.8, 4) is 0 Å². The van der Waals surface area contributed by atoms with Gasteiger partial charge in [0.15, 0.2) is 5.43 Å². The fourth-order valence-electron chi connectivity index (χ4n) is 5.20. The molecule has 3 aliphatic rings. The highest BCUT2D eigenvalue weighted by atomic mass is 19.1. The van der Waals surface area contributed by atoms with E-state index < -0.39 is 52.5 Å². The summed E-state index contributed by atoms with van der Waals surface area (Å²) >= 11 is 0. The van der Waals surface area contributed by atoms with Crippen LogP contribution in [-0.4, -0.2) is 52.4 Å². The Morgan fingerprint density at radius 3 is 2.64 bits per heavy atom. The van der Waals surface area contributed by atoms with Crippen LogP contribution in [0.5, 0.6) is 0 Å². The van der Waals surface area contributed by atoms with Gasteiger partial charge in [0.2, 0.25) is 0 Å². The molecule has 2 aromatic rings. The second kappa shape index (κ2) is 8.77. The predicted octanol–water partition coefficient (Wildman–Crippen LogP) is 2.07. The van der Waals surface area contributed by atoms with Crippen molar-refractivity contribution < 1.29 is 27.6 Å². The minimum Gasteiger partial charge on any atom is -0.348 e. The lowest BCUT2D eigenvalue weighted by molar-refractivity contribution is -0.0879. The van der Waals surface area contributed by atoms with Gasteiger partial charge in [-0.2, -0.15) is 0 Å². The van der Waals surface area contributed by atoms with Gasteiger partial charge in [-0.05, 0) is 19.8 Å². The first kappa shape index (κ1) is 24.0. The summed E-state index contributed by atoms with van der Waals surface area (Å²) in [6.45, 7) is 1.65. The number of hydrogen-bond acceptors (Lipinski definition) is 5. The van der Waals surface area contributed by atoms with E-state index in [2.05, 4.69) is 15.8 Å². The molecule has 4 heterocycles. The number of amides is 2. The molecule has 2 fully saturated rings. The van der Waals surface area contributed by atoms with E-state index in [1.807, 2.05) is 6.92 Å². The zero-order valence-corrected chi connectivity index (χ0v) is 19.6. The van der Waals surface area contributed by atoms with E-state index in [0.717, 1.165) is 6.07 Å². The van der Waals surface area contributed by atoms with Crippen LogP contribution in [0.2, 0.25) is 0 Å². The Labute approximate surface area is 203 Å². The van der Waals surface area contributed by atoms with Gasteiger partial charge in [0.25, 0.3) is 11.8 Å². The highest BCUT2D eigenvalue weighted by Gasteiger charge is 2.53. The number of carbonyl (C=O) groups excluding carboxylic acids is 2. The third kappa shape index (κ3) is 3.85. The Kier molecular flexibility index (Phi) is 5.86. The van der Waals surface area contributed by atoms with Gasteiger partial charge in [-0.25, -0.2) is 13.2 Å². The normalized spacial score (nSPS) is 26.1. The molecular weight excluding hydrogens is 479 g/mol. The number of amidine groups is 1. The fraction of sp³-hybridized carbons (Fsp3) is 0.417. The Bertz CT molecular complexity index is 1340. The Balaban J connectivity index is 1.51. The average molecular weight is 503 g/mol. The number of aromatic nitrogens is 1. The molecule has 9 nitrogen and oxygen atoms in total. The van der Waals surface area contributed by atoms with Crippen molar-refractivity contribution >= 4 is 17.6 Å². The number of hydrogen-bond donors (Lipinski definition) is 2. The van der Waals surface area contributed by atoms with E-state index in [-0.39, 0.29) is 23.2 Å². The summed E-state index contributed by atoms with van der Waals surface area (Å²) in [5.41, 5.74) is 0.657. The molecule has 36 heavy (non-hydrogen) atoms. The number of halogens is 3. The lowest BCUT2D eigenvalue weighted by atomic mass is 9.85. The van der Waals surface area contributed by atoms with E-state index in [1.54, 1.807) is 16.5 Å². The van der Waals surface area contributed by atoms with Crippen molar-refractivity contribution in [2.75, 3.05) is 13.6 Å². The summed E-state index contributed by atoms with van der Waals surface area (Å²) in [6.07, 6.45) is 3.03. The summed E-state index contributed by atoms with van der Waals surface area (Å²) in [5, 5.41) is 2.31. The summed E-state index contributed by atoms with van der Waals surface area (Å²) < 4.78 is 42.7. The second-order valence-corrected chi connectivity index (χ2v) is 9.35. The number of pyridine rings is 1. The molecule has 3 aliphatic heterocycles. The van der Waals surface area contributed by atoms with Crippen molar-refractivity contribution in [3.63, 3.8) is 0 Å². The smallest absolute Gasteiger partial charge is 0.270 e.